The van der Waals surface area contributed by atoms with Gasteiger partial charge in [0.05, 0.1) is 0 Å². The molecule has 5 nitrogen and oxygen atoms in total. The summed E-state index contributed by atoms with van der Waals surface area (Å²) in [6.45, 7) is 3.60. The van der Waals surface area contributed by atoms with Gasteiger partial charge in [-0.1, -0.05) is 0 Å². The zero-order valence-electron chi connectivity index (χ0n) is 11.4. The number of rotatable bonds is 3. The van der Waals surface area contributed by atoms with Gasteiger partial charge < -0.3 is 0 Å². The van der Waals surface area contributed by atoms with Crippen LogP contribution in [0, 0.1) is 0 Å². The van der Waals surface area contributed by atoms with E-state index in [2.05, 4.69) is 0 Å². The molecule has 106 valence electrons. The quantitative estimate of drug-likeness (QED) is 0.790. The molecule has 6 heteroatoms. The van der Waals surface area contributed by atoms with E-state index in [0.29, 0.717) is 23.7 Å². The van der Waals surface area contributed by atoms with Crippen LogP contribution in [0.3, 0.4) is 0 Å². The number of hydrogen-bond donors (Lipinski definition) is 0. The molecule has 0 aromatic heterocycles. The molecule has 0 bridgehead atoms. The van der Waals surface area contributed by atoms with Crippen LogP contribution >= 0.6 is 0 Å². The first-order chi connectivity index (χ1) is 8.89. The number of benzene rings is 1. The molecule has 1 aliphatic heterocycles. The summed E-state index contributed by atoms with van der Waals surface area (Å²) in [5, 5.41) is 0. The van der Waals surface area contributed by atoms with E-state index in [9.17, 15) is 7.67 Å². The van der Waals surface area contributed by atoms with Crippen molar-refractivity contribution in [2.75, 3.05) is 14.2 Å². The van der Waals surface area contributed by atoms with Crippen LogP contribution in [0.4, 0.5) is 0 Å². The molecule has 1 aromatic rings. The molecule has 1 aromatic carbocycles. The first-order valence-corrected chi connectivity index (χ1v) is 8.58. The van der Waals surface area contributed by atoms with Gasteiger partial charge in [0.15, 0.2) is 0 Å². The fraction of sp³-hybridized carbons (Fsp3) is 0.538. The zero-order valence-corrected chi connectivity index (χ0v) is 13.3. The monoisotopic (exact) mass is 334 g/mol. The van der Waals surface area contributed by atoms with Crippen molar-refractivity contribution in [3.63, 3.8) is 0 Å². The second-order valence-electron chi connectivity index (χ2n) is 5.03. The molecular formula is C13H18O5Se. The van der Waals surface area contributed by atoms with E-state index < -0.39 is 24.2 Å². The van der Waals surface area contributed by atoms with E-state index in [1.165, 1.54) is 0 Å². The molecule has 1 heterocycles. The molecule has 1 unspecified atom stereocenters. The Labute approximate surface area is 116 Å². The third-order valence-corrected chi connectivity index (χ3v) is 6.17. The summed E-state index contributed by atoms with van der Waals surface area (Å²) in [5.41, 5.74) is 0.129. The van der Waals surface area contributed by atoms with Gasteiger partial charge in [0.25, 0.3) is 0 Å². The summed E-state index contributed by atoms with van der Waals surface area (Å²) in [4.78, 5) is -0.467. The van der Waals surface area contributed by atoms with Crippen molar-refractivity contribution in [1.29, 1.82) is 0 Å². The normalized spacial score (nSPS) is 20.6. The third kappa shape index (κ3) is 2.55. The summed E-state index contributed by atoms with van der Waals surface area (Å²) in [6.07, 6.45) is 0.454. The molecule has 0 radical (unpaired) electrons. The maximum atomic E-state index is 11.4. The fourth-order valence-corrected chi connectivity index (χ4v) is 4.19. The van der Waals surface area contributed by atoms with Crippen molar-refractivity contribution in [2.45, 2.75) is 30.7 Å². The van der Waals surface area contributed by atoms with Gasteiger partial charge in [-0.05, 0) is 0 Å². The Balaban J connectivity index is 2.50. The molecule has 1 aliphatic rings. The molecule has 0 spiro atoms. The number of hydrogen-bond acceptors (Lipinski definition) is 5. The van der Waals surface area contributed by atoms with Gasteiger partial charge in [-0.25, -0.2) is 0 Å². The van der Waals surface area contributed by atoms with Crippen molar-refractivity contribution >= 4 is 13.8 Å². The SMILES string of the molecule is COc1cc2c(cc1OC)OC(C)(C)C([SeH](=O)=O)C2. The van der Waals surface area contributed by atoms with Crippen LogP contribution in [-0.2, 0) is 14.1 Å². The first-order valence-electron chi connectivity index (χ1n) is 5.96. The van der Waals surface area contributed by atoms with Gasteiger partial charge in [0.1, 0.15) is 0 Å². The van der Waals surface area contributed by atoms with E-state index in [0.717, 1.165) is 5.56 Å². The van der Waals surface area contributed by atoms with Crippen molar-refractivity contribution in [2.24, 2.45) is 0 Å². The van der Waals surface area contributed by atoms with Gasteiger partial charge in [-0.3, -0.25) is 0 Å². The van der Waals surface area contributed by atoms with Crippen LogP contribution in [-0.4, -0.2) is 33.6 Å². The summed E-state index contributed by atoms with van der Waals surface area (Å²) in [7, 11) is 3.11. The first kappa shape index (κ1) is 14.2. The molecule has 2 rings (SSSR count). The summed E-state index contributed by atoms with van der Waals surface area (Å²) >= 11 is -3.34. The molecular weight excluding hydrogens is 315 g/mol. The van der Waals surface area contributed by atoms with Crippen molar-refractivity contribution < 1.29 is 21.9 Å². The molecule has 0 saturated heterocycles. The minimum absolute atomic E-state index is 0.454. The van der Waals surface area contributed by atoms with E-state index in [4.69, 9.17) is 14.2 Å². The molecule has 19 heavy (non-hydrogen) atoms. The van der Waals surface area contributed by atoms with Crippen LogP contribution in [0.25, 0.3) is 0 Å². The average Bonchev–Trinajstić information content (AvgIpc) is 2.35. The van der Waals surface area contributed by atoms with E-state index >= 15 is 0 Å². The number of fused-ring (bicyclic) bond motifs is 1. The minimum atomic E-state index is -3.34. The second-order valence-corrected chi connectivity index (χ2v) is 7.53. The van der Waals surface area contributed by atoms with Crippen LogP contribution in [0.2, 0.25) is 4.82 Å². The van der Waals surface area contributed by atoms with Crippen LogP contribution in [0.15, 0.2) is 12.1 Å². The standard InChI is InChI=1S/C13H18O5Se/c1-13(2)12(19(14)15)6-8-5-10(16-3)11(17-4)7-9(8)18-13/h5,7,12,19H,6H2,1-4H3. The van der Waals surface area contributed by atoms with E-state index in [1.54, 1.807) is 40.2 Å². The van der Waals surface area contributed by atoms with E-state index in [-0.39, 0.29) is 0 Å². The Hall–Kier alpha value is -1.26. The van der Waals surface area contributed by atoms with Crippen molar-refractivity contribution in [3.8, 4) is 17.2 Å². The van der Waals surface area contributed by atoms with Gasteiger partial charge in [-0.2, -0.15) is 0 Å². The summed E-state index contributed by atoms with van der Waals surface area (Å²) in [6, 6.07) is 3.54. The summed E-state index contributed by atoms with van der Waals surface area (Å²) in [5.74, 6) is 1.82. The van der Waals surface area contributed by atoms with Crippen LogP contribution in [0.5, 0.6) is 17.2 Å². The van der Waals surface area contributed by atoms with Gasteiger partial charge in [0.2, 0.25) is 0 Å². The van der Waals surface area contributed by atoms with E-state index in [1.807, 2.05) is 0 Å². The second kappa shape index (κ2) is 5.02. The van der Waals surface area contributed by atoms with Crippen molar-refractivity contribution in [1.82, 2.24) is 0 Å². The Bertz CT molecular complexity index is 554. The predicted octanol–water partition coefficient (Wildman–Crippen LogP) is 1.87. The Morgan fingerprint density at radius 1 is 1.21 bits per heavy atom. The topological polar surface area (TPSA) is 61.8 Å². The zero-order chi connectivity index (χ0) is 14.2. The van der Waals surface area contributed by atoms with Crippen LogP contribution in [0.1, 0.15) is 19.4 Å². The molecule has 0 fully saturated rings. The Morgan fingerprint density at radius 2 is 1.79 bits per heavy atom. The molecule has 1 atom stereocenters. The molecule has 0 saturated carbocycles. The third-order valence-electron chi connectivity index (χ3n) is 3.41. The molecule has 0 aliphatic carbocycles. The Morgan fingerprint density at radius 3 is 2.32 bits per heavy atom. The molecule has 0 amide bonds. The summed E-state index contributed by atoms with van der Waals surface area (Å²) < 4.78 is 39.2. The fourth-order valence-electron chi connectivity index (χ4n) is 2.29. The van der Waals surface area contributed by atoms with Crippen molar-refractivity contribution in [3.05, 3.63) is 17.7 Å². The average molecular weight is 333 g/mol. The molecule has 0 N–H and O–H groups in total. The van der Waals surface area contributed by atoms with Gasteiger partial charge in [-0.15, -0.1) is 0 Å². The number of methoxy groups -OCH3 is 2. The van der Waals surface area contributed by atoms with Gasteiger partial charge in [0, 0.05) is 0 Å². The maximum absolute atomic E-state index is 11.4. The van der Waals surface area contributed by atoms with Gasteiger partial charge >= 0.3 is 115 Å². The Kier molecular flexibility index (Phi) is 3.74. The number of ether oxygens (including phenoxy) is 3. The van der Waals surface area contributed by atoms with Crippen LogP contribution < -0.4 is 14.2 Å². The predicted molar refractivity (Wildman–Crippen MR) is 70.2 cm³/mol.